The Balaban J connectivity index is 1.66. The van der Waals surface area contributed by atoms with E-state index in [1.54, 1.807) is 30.3 Å². The number of likely N-dealkylation sites (tertiary alicyclic amines) is 1. The summed E-state index contributed by atoms with van der Waals surface area (Å²) >= 11 is 6.28. The maximum atomic E-state index is 13.6. The molecule has 0 N–H and O–H groups in total. The Kier molecular flexibility index (Phi) is 6.45. The number of hydrogen-bond donors (Lipinski definition) is 0. The van der Waals surface area contributed by atoms with Gasteiger partial charge >= 0.3 is 6.18 Å². The van der Waals surface area contributed by atoms with Crippen LogP contribution in [0.5, 0.6) is 0 Å². The van der Waals surface area contributed by atoms with Gasteiger partial charge in [-0.2, -0.15) is 18.4 Å². The van der Waals surface area contributed by atoms with E-state index in [1.807, 2.05) is 11.0 Å². The summed E-state index contributed by atoms with van der Waals surface area (Å²) in [6.45, 7) is 1.92. The molecule has 3 nitrogen and oxygen atoms in total. The van der Waals surface area contributed by atoms with Gasteiger partial charge < -0.3 is 4.90 Å². The third-order valence-corrected chi connectivity index (χ3v) is 6.86. The van der Waals surface area contributed by atoms with Crippen molar-refractivity contribution in [3.63, 3.8) is 0 Å². The summed E-state index contributed by atoms with van der Waals surface area (Å²) in [4.78, 5) is 4.53. The summed E-state index contributed by atoms with van der Waals surface area (Å²) in [6.07, 6.45) is 1.39. The number of halogens is 4. The Morgan fingerprint density at radius 2 is 1.84 bits per heavy atom. The van der Waals surface area contributed by atoms with Crippen LogP contribution in [0.2, 0.25) is 5.02 Å². The molecule has 0 spiro atoms. The van der Waals surface area contributed by atoms with Crippen LogP contribution in [-0.4, -0.2) is 30.1 Å². The fourth-order valence-electron chi connectivity index (χ4n) is 4.95. The van der Waals surface area contributed by atoms with E-state index in [9.17, 15) is 18.4 Å². The van der Waals surface area contributed by atoms with Crippen molar-refractivity contribution in [1.29, 1.82) is 5.26 Å². The summed E-state index contributed by atoms with van der Waals surface area (Å²) in [6, 6.07) is 13.6. The van der Waals surface area contributed by atoms with Gasteiger partial charge in [-0.15, -0.1) is 0 Å². The van der Waals surface area contributed by atoms with Gasteiger partial charge in [-0.3, -0.25) is 4.90 Å². The molecular weight excluding hydrogens is 423 g/mol. The first-order chi connectivity index (χ1) is 14.9. The molecular formula is C24H25ClF3N3. The van der Waals surface area contributed by atoms with Gasteiger partial charge in [0.25, 0.3) is 0 Å². The van der Waals surface area contributed by atoms with Crippen LogP contribution >= 0.6 is 11.6 Å². The van der Waals surface area contributed by atoms with Gasteiger partial charge in [-0.1, -0.05) is 42.6 Å². The third kappa shape index (κ3) is 4.83. The number of alkyl halides is 3. The molecule has 1 unspecified atom stereocenters. The van der Waals surface area contributed by atoms with Crippen molar-refractivity contribution < 1.29 is 13.2 Å². The largest absolute Gasteiger partial charge is 0.416 e. The zero-order valence-corrected chi connectivity index (χ0v) is 18.0. The molecule has 1 aliphatic carbocycles. The Morgan fingerprint density at radius 1 is 1.10 bits per heavy atom. The second-order valence-corrected chi connectivity index (χ2v) is 8.84. The van der Waals surface area contributed by atoms with Gasteiger partial charge in [-0.05, 0) is 49.1 Å². The molecule has 1 saturated carbocycles. The summed E-state index contributed by atoms with van der Waals surface area (Å²) in [5, 5.41) is 9.52. The SMILES string of the molecule is N#Cc1ccc(N(Cc2ccccc2C(F)(F)F)C2CCN(C3CCCC3)C2)cc1Cl. The fraction of sp³-hybridized carbons (Fsp3) is 0.458. The molecule has 7 heteroatoms. The molecule has 1 saturated heterocycles. The lowest BCUT2D eigenvalue weighted by Gasteiger charge is -2.33. The fourth-order valence-corrected chi connectivity index (χ4v) is 5.16. The Bertz CT molecular complexity index is 963. The average Bonchev–Trinajstić information content (AvgIpc) is 3.43. The molecule has 31 heavy (non-hydrogen) atoms. The van der Waals surface area contributed by atoms with Crippen LogP contribution in [0.3, 0.4) is 0 Å². The minimum absolute atomic E-state index is 0.0888. The van der Waals surface area contributed by atoms with Crippen molar-refractivity contribution >= 4 is 17.3 Å². The van der Waals surface area contributed by atoms with Crippen LogP contribution < -0.4 is 4.90 Å². The van der Waals surface area contributed by atoms with Crippen molar-refractivity contribution in [2.75, 3.05) is 18.0 Å². The second-order valence-electron chi connectivity index (χ2n) is 8.43. The number of rotatable bonds is 5. The lowest BCUT2D eigenvalue weighted by Crippen LogP contribution is -2.39. The molecule has 4 rings (SSSR count). The highest BCUT2D eigenvalue weighted by molar-refractivity contribution is 6.32. The molecule has 2 aromatic carbocycles. The highest BCUT2D eigenvalue weighted by Crippen LogP contribution is 2.36. The first-order valence-electron chi connectivity index (χ1n) is 10.7. The van der Waals surface area contributed by atoms with Gasteiger partial charge in [0.1, 0.15) is 6.07 Å². The molecule has 0 bridgehead atoms. The van der Waals surface area contributed by atoms with E-state index in [1.165, 1.54) is 31.7 Å². The predicted octanol–water partition coefficient (Wildman–Crippen LogP) is 6.25. The van der Waals surface area contributed by atoms with E-state index in [4.69, 9.17) is 11.6 Å². The average molecular weight is 448 g/mol. The van der Waals surface area contributed by atoms with Gasteiger partial charge in [0, 0.05) is 37.4 Å². The first kappa shape index (κ1) is 22.0. The van der Waals surface area contributed by atoms with Crippen LogP contribution in [-0.2, 0) is 12.7 Å². The van der Waals surface area contributed by atoms with Crippen molar-refractivity contribution in [3.05, 3.63) is 64.2 Å². The summed E-state index contributed by atoms with van der Waals surface area (Å²) in [5.74, 6) is 0. The summed E-state index contributed by atoms with van der Waals surface area (Å²) in [7, 11) is 0. The van der Waals surface area contributed by atoms with E-state index in [0.717, 1.165) is 31.3 Å². The van der Waals surface area contributed by atoms with Crippen LogP contribution in [0.4, 0.5) is 18.9 Å². The highest BCUT2D eigenvalue weighted by atomic mass is 35.5. The highest BCUT2D eigenvalue weighted by Gasteiger charge is 2.36. The molecule has 164 valence electrons. The Hall–Kier alpha value is -2.23. The second kappa shape index (κ2) is 9.10. The van der Waals surface area contributed by atoms with Crippen LogP contribution in [0.15, 0.2) is 42.5 Å². The molecule has 1 heterocycles. The third-order valence-electron chi connectivity index (χ3n) is 6.54. The monoisotopic (exact) mass is 447 g/mol. The zero-order valence-electron chi connectivity index (χ0n) is 17.2. The van der Waals surface area contributed by atoms with Gasteiger partial charge in [0.2, 0.25) is 0 Å². The Labute approximate surface area is 186 Å². The summed E-state index contributed by atoms with van der Waals surface area (Å²) < 4.78 is 40.9. The molecule has 2 fully saturated rings. The maximum Gasteiger partial charge on any atom is 0.416 e. The molecule has 0 radical (unpaired) electrons. The molecule has 1 aliphatic heterocycles. The number of hydrogen-bond acceptors (Lipinski definition) is 3. The standard InChI is InChI=1S/C24H25ClF3N3/c25-23-13-20(10-9-17(23)14-29)31(15-18-5-1-4-8-22(18)24(26,27)28)21-11-12-30(16-21)19-6-2-3-7-19/h1,4-5,8-10,13,19,21H,2-3,6-7,11-12,15-16H2. The lowest BCUT2D eigenvalue weighted by atomic mass is 10.0. The van der Waals surface area contributed by atoms with Crippen LogP contribution in [0.25, 0.3) is 0 Å². The van der Waals surface area contributed by atoms with Gasteiger partial charge in [-0.25, -0.2) is 0 Å². The molecule has 0 aromatic heterocycles. The normalized spacial score (nSPS) is 20.2. The maximum absolute atomic E-state index is 13.6. The molecule has 0 amide bonds. The summed E-state index contributed by atoms with van der Waals surface area (Å²) in [5.41, 5.74) is 0.750. The minimum atomic E-state index is -4.41. The predicted molar refractivity (Wildman–Crippen MR) is 116 cm³/mol. The Morgan fingerprint density at radius 3 is 2.52 bits per heavy atom. The van der Waals surface area contributed by atoms with Crippen LogP contribution in [0.1, 0.15) is 48.8 Å². The van der Waals surface area contributed by atoms with Crippen LogP contribution in [0, 0.1) is 11.3 Å². The molecule has 2 aliphatic rings. The number of nitrogens with zero attached hydrogens (tertiary/aromatic N) is 3. The number of nitriles is 1. The van der Waals surface area contributed by atoms with E-state index in [-0.39, 0.29) is 18.2 Å². The molecule has 1 atom stereocenters. The van der Waals surface area contributed by atoms with Gasteiger partial charge in [0.05, 0.1) is 16.1 Å². The number of benzene rings is 2. The van der Waals surface area contributed by atoms with E-state index in [2.05, 4.69) is 4.90 Å². The van der Waals surface area contributed by atoms with Crippen molar-refractivity contribution in [3.8, 4) is 6.07 Å². The molecule has 2 aromatic rings. The number of anilines is 1. The lowest BCUT2D eigenvalue weighted by molar-refractivity contribution is -0.138. The van der Waals surface area contributed by atoms with Crippen molar-refractivity contribution in [1.82, 2.24) is 4.90 Å². The first-order valence-corrected chi connectivity index (χ1v) is 11.1. The minimum Gasteiger partial charge on any atom is -0.363 e. The van der Waals surface area contributed by atoms with Crippen molar-refractivity contribution in [2.45, 2.75) is 56.9 Å². The van der Waals surface area contributed by atoms with E-state index in [0.29, 0.717) is 16.6 Å². The zero-order chi connectivity index (χ0) is 22.0. The topological polar surface area (TPSA) is 30.3 Å². The smallest absolute Gasteiger partial charge is 0.363 e. The van der Waals surface area contributed by atoms with E-state index < -0.39 is 11.7 Å². The quantitative estimate of drug-likeness (QED) is 0.542. The van der Waals surface area contributed by atoms with Crippen molar-refractivity contribution in [2.24, 2.45) is 0 Å². The van der Waals surface area contributed by atoms with Gasteiger partial charge in [0.15, 0.2) is 0 Å². The van der Waals surface area contributed by atoms with E-state index >= 15 is 0 Å².